The third-order valence-electron chi connectivity index (χ3n) is 6.46. The van der Waals surface area contributed by atoms with Crippen molar-refractivity contribution >= 4 is 24.2 Å². The molecule has 1 unspecified atom stereocenters. The van der Waals surface area contributed by atoms with E-state index in [-0.39, 0.29) is 43.6 Å². The Kier molecular flexibility index (Phi) is 16.5. The molecule has 2 atom stereocenters. The molecule has 41 heavy (non-hydrogen) atoms. The molecule has 0 fully saturated rings. The molecule has 11 nitrogen and oxygen atoms in total. The summed E-state index contributed by atoms with van der Waals surface area (Å²) in [5.41, 5.74) is -0.154. The molecule has 0 aromatic heterocycles. The molecule has 232 valence electrons. The van der Waals surface area contributed by atoms with Gasteiger partial charge in [-0.25, -0.2) is 9.59 Å². The van der Waals surface area contributed by atoms with E-state index in [0.29, 0.717) is 24.8 Å². The molecule has 0 heterocycles. The number of benzene rings is 1. The summed E-state index contributed by atoms with van der Waals surface area (Å²) in [5.74, 6) is -1.66. The summed E-state index contributed by atoms with van der Waals surface area (Å²) < 4.78 is 26.2. The lowest BCUT2D eigenvalue weighted by Gasteiger charge is -2.24. The second-order valence-electron chi connectivity index (χ2n) is 10.6. The largest absolute Gasteiger partial charge is 0.513 e. The molecule has 0 bridgehead atoms. The number of esters is 1. The van der Waals surface area contributed by atoms with E-state index in [2.05, 4.69) is 5.32 Å². The predicted octanol–water partition coefficient (Wildman–Crippen LogP) is 6.05. The Bertz CT molecular complexity index is 978. The van der Waals surface area contributed by atoms with Crippen molar-refractivity contribution in [2.24, 2.45) is 5.41 Å². The molecule has 0 saturated heterocycles. The van der Waals surface area contributed by atoms with Crippen LogP contribution in [0.5, 0.6) is 11.5 Å². The van der Waals surface area contributed by atoms with Crippen molar-refractivity contribution in [1.82, 2.24) is 5.32 Å². The van der Waals surface area contributed by atoms with Crippen molar-refractivity contribution in [2.45, 2.75) is 105 Å². The van der Waals surface area contributed by atoms with Crippen LogP contribution in [0.2, 0.25) is 0 Å². The fraction of sp³-hybridized carbons (Fsp3) is 0.667. The van der Waals surface area contributed by atoms with Gasteiger partial charge in [0.2, 0.25) is 0 Å². The fourth-order valence-corrected chi connectivity index (χ4v) is 3.42. The van der Waals surface area contributed by atoms with Gasteiger partial charge in [-0.15, -0.1) is 0 Å². The fourth-order valence-electron chi connectivity index (χ4n) is 3.42. The van der Waals surface area contributed by atoms with Gasteiger partial charge in [0.1, 0.15) is 12.1 Å². The lowest BCUT2D eigenvalue weighted by Crippen LogP contribution is -2.43. The van der Waals surface area contributed by atoms with E-state index >= 15 is 0 Å². The van der Waals surface area contributed by atoms with Gasteiger partial charge in [0.15, 0.2) is 11.5 Å². The van der Waals surface area contributed by atoms with E-state index in [1.54, 1.807) is 26.8 Å². The highest BCUT2D eigenvalue weighted by molar-refractivity contribution is 5.76. The zero-order valence-corrected chi connectivity index (χ0v) is 25.3. The number of carbonyl (C=O) groups is 4. The van der Waals surface area contributed by atoms with E-state index in [1.165, 1.54) is 12.1 Å². The van der Waals surface area contributed by atoms with Crippen LogP contribution in [0.3, 0.4) is 0 Å². The molecule has 1 rings (SSSR count). The highest BCUT2D eigenvalue weighted by Gasteiger charge is 2.29. The summed E-state index contributed by atoms with van der Waals surface area (Å²) in [5, 5.41) is 12.7. The van der Waals surface area contributed by atoms with Gasteiger partial charge in [0.05, 0.1) is 18.6 Å². The Morgan fingerprint density at radius 1 is 0.878 bits per heavy atom. The van der Waals surface area contributed by atoms with Crippen molar-refractivity contribution in [2.75, 3.05) is 19.8 Å². The summed E-state index contributed by atoms with van der Waals surface area (Å²) in [4.78, 5) is 48.8. The molecular weight excluding hydrogens is 534 g/mol. The molecule has 0 amide bonds. The highest BCUT2D eigenvalue weighted by atomic mass is 16.7. The number of hydrogen-bond donors (Lipinski definition) is 2. The first kappa shape index (κ1) is 35.7. The Balaban J connectivity index is 2.97. The Labute approximate surface area is 243 Å². The lowest BCUT2D eigenvalue weighted by atomic mass is 9.90. The summed E-state index contributed by atoms with van der Waals surface area (Å²) >= 11 is 0. The SMILES string of the molecule is CCCCCOC(=O)Oc1ccc(C[C@H](NCC(C)OC(=O)C(C)(C)CC)C(=O)O)cc1OC(=O)OCCCCC. The van der Waals surface area contributed by atoms with Gasteiger partial charge in [-0.2, -0.15) is 0 Å². The summed E-state index contributed by atoms with van der Waals surface area (Å²) in [6, 6.07) is 3.33. The zero-order chi connectivity index (χ0) is 30.8. The van der Waals surface area contributed by atoms with Gasteiger partial charge >= 0.3 is 24.2 Å². The van der Waals surface area contributed by atoms with Crippen molar-refractivity contribution < 1.29 is 48.0 Å². The van der Waals surface area contributed by atoms with Gasteiger partial charge in [0, 0.05) is 6.54 Å². The number of nitrogens with one attached hydrogen (secondary N) is 1. The molecule has 0 aliphatic carbocycles. The smallest absolute Gasteiger partial charge is 0.480 e. The summed E-state index contributed by atoms with van der Waals surface area (Å²) in [7, 11) is 0. The number of hydrogen-bond acceptors (Lipinski definition) is 10. The van der Waals surface area contributed by atoms with Crippen LogP contribution in [0.15, 0.2) is 18.2 Å². The maximum atomic E-state index is 12.3. The normalized spacial score (nSPS) is 12.6. The van der Waals surface area contributed by atoms with Gasteiger partial charge < -0.3 is 34.1 Å². The van der Waals surface area contributed by atoms with Crippen molar-refractivity contribution in [1.29, 1.82) is 0 Å². The molecule has 11 heteroatoms. The Hall–Kier alpha value is -3.34. The van der Waals surface area contributed by atoms with Crippen LogP contribution in [0.25, 0.3) is 0 Å². The number of carboxylic acid groups (broad SMARTS) is 1. The molecule has 0 radical (unpaired) electrons. The van der Waals surface area contributed by atoms with Crippen molar-refractivity contribution in [3.63, 3.8) is 0 Å². The maximum absolute atomic E-state index is 12.3. The quantitative estimate of drug-likeness (QED) is 0.0851. The first-order valence-electron chi connectivity index (χ1n) is 14.4. The molecule has 0 spiro atoms. The Morgan fingerprint density at radius 2 is 1.44 bits per heavy atom. The third-order valence-corrected chi connectivity index (χ3v) is 6.46. The third kappa shape index (κ3) is 14.2. The average molecular weight is 582 g/mol. The lowest BCUT2D eigenvalue weighted by molar-refractivity contribution is -0.158. The van der Waals surface area contributed by atoms with Crippen LogP contribution in [0, 0.1) is 5.41 Å². The number of carbonyl (C=O) groups excluding carboxylic acids is 3. The number of unbranched alkanes of at least 4 members (excludes halogenated alkanes) is 4. The second-order valence-corrected chi connectivity index (χ2v) is 10.6. The highest BCUT2D eigenvalue weighted by Crippen LogP contribution is 2.30. The molecule has 0 aliphatic heterocycles. The average Bonchev–Trinajstić information content (AvgIpc) is 2.92. The van der Waals surface area contributed by atoms with E-state index in [1.807, 2.05) is 20.8 Å². The van der Waals surface area contributed by atoms with E-state index < -0.39 is 35.8 Å². The van der Waals surface area contributed by atoms with Crippen LogP contribution in [0.1, 0.15) is 92.1 Å². The van der Waals surface area contributed by atoms with E-state index in [9.17, 15) is 24.3 Å². The minimum absolute atomic E-state index is 0.000104. The predicted molar refractivity (Wildman–Crippen MR) is 152 cm³/mol. The number of aliphatic carboxylic acids is 1. The maximum Gasteiger partial charge on any atom is 0.513 e. The van der Waals surface area contributed by atoms with E-state index in [4.69, 9.17) is 23.7 Å². The minimum Gasteiger partial charge on any atom is -0.480 e. The van der Waals surface area contributed by atoms with Gasteiger partial charge in [-0.05, 0) is 64.2 Å². The molecule has 2 N–H and O–H groups in total. The summed E-state index contributed by atoms with van der Waals surface area (Å²) in [6.45, 7) is 11.7. The topological polar surface area (TPSA) is 147 Å². The zero-order valence-electron chi connectivity index (χ0n) is 25.3. The Morgan fingerprint density at radius 3 is 1.95 bits per heavy atom. The van der Waals surface area contributed by atoms with E-state index in [0.717, 1.165) is 25.7 Å². The monoisotopic (exact) mass is 581 g/mol. The van der Waals surface area contributed by atoms with Crippen LogP contribution < -0.4 is 14.8 Å². The number of carboxylic acids is 1. The van der Waals surface area contributed by atoms with Crippen LogP contribution in [0.4, 0.5) is 9.59 Å². The van der Waals surface area contributed by atoms with Crippen LogP contribution in [-0.4, -0.2) is 61.3 Å². The molecule has 0 aliphatic rings. The van der Waals surface area contributed by atoms with Crippen molar-refractivity contribution in [3.05, 3.63) is 23.8 Å². The molecule has 1 aromatic rings. The van der Waals surface area contributed by atoms with Gasteiger partial charge in [-0.3, -0.25) is 9.59 Å². The second kappa shape index (κ2) is 18.9. The molecule has 1 aromatic carbocycles. The first-order valence-corrected chi connectivity index (χ1v) is 14.4. The number of rotatable bonds is 19. The first-order chi connectivity index (χ1) is 19.4. The molecular formula is C30H47NO10. The van der Waals surface area contributed by atoms with Gasteiger partial charge in [-0.1, -0.05) is 52.5 Å². The number of ether oxygens (including phenoxy) is 5. The van der Waals surface area contributed by atoms with Gasteiger partial charge in [0.25, 0.3) is 0 Å². The van der Waals surface area contributed by atoms with Crippen molar-refractivity contribution in [3.8, 4) is 11.5 Å². The standard InChI is InChI=1S/C30H47NO10/c1-7-10-12-16-37-28(35)40-24-15-14-22(19-25(24)41-29(36)38-17-13-11-8-2)18-23(26(32)33)31-20-21(4)39-27(34)30(5,6)9-3/h14-15,19,21,23,31H,7-13,16-18,20H2,1-6H3,(H,32,33)/t21?,23-/m0/s1. The molecule has 0 saturated carbocycles. The minimum atomic E-state index is -1.12. The summed E-state index contributed by atoms with van der Waals surface area (Å²) in [6.07, 6.45) is 3.20. The van der Waals surface area contributed by atoms with Crippen LogP contribution in [-0.2, 0) is 30.2 Å². The van der Waals surface area contributed by atoms with Crippen LogP contribution >= 0.6 is 0 Å².